The Kier molecular flexibility index (Phi) is 6.46. The van der Waals surface area contributed by atoms with E-state index in [-0.39, 0.29) is 17.9 Å². The molecule has 168 valence electrons. The summed E-state index contributed by atoms with van der Waals surface area (Å²) in [6.07, 6.45) is 3.20. The van der Waals surface area contributed by atoms with Crippen molar-refractivity contribution >= 4 is 17.8 Å². The van der Waals surface area contributed by atoms with Crippen molar-refractivity contribution in [1.29, 1.82) is 0 Å². The molecular formula is C24H30O7. The summed E-state index contributed by atoms with van der Waals surface area (Å²) in [5.41, 5.74) is 1.01. The van der Waals surface area contributed by atoms with E-state index < -0.39 is 17.7 Å². The number of carbonyl (C=O) groups is 2. The van der Waals surface area contributed by atoms with Crippen LogP contribution in [0.2, 0.25) is 0 Å². The normalized spacial score (nSPS) is 19.0. The topological polar surface area (TPSA) is 91.3 Å². The molecule has 2 heterocycles. The van der Waals surface area contributed by atoms with E-state index in [2.05, 4.69) is 13.8 Å². The lowest BCUT2D eigenvalue weighted by Gasteiger charge is -2.26. The third-order valence-electron chi connectivity index (χ3n) is 5.35. The van der Waals surface area contributed by atoms with Gasteiger partial charge >= 0.3 is 5.97 Å². The van der Waals surface area contributed by atoms with Gasteiger partial charge in [0, 0.05) is 18.1 Å². The Balaban J connectivity index is 2.22. The number of ether oxygens (including phenoxy) is 4. The van der Waals surface area contributed by atoms with Gasteiger partial charge < -0.3 is 24.1 Å². The van der Waals surface area contributed by atoms with Crippen LogP contribution in [0.25, 0.3) is 5.57 Å². The van der Waals surface area contributed by atoms with E-state index in [1.54, 1.807) is 33.9 Å². The number of esters is 1. The Morgan fingerprint density at radius 2 is 2.06 bits per heavy atom. The average Bonchev–Trinajstić information content (AvgIpc) is 3.13. The summed E-state index contributed by atoms with van der Waals surface area (Å²) in [6, 6.07) is 1.68. The van der Waals surface area contributed by atoms with Gasteiger partial charge in [-0.05, 0) is 38.7 Å². The maximum Gasteiger partial charge on any atom is 0.375 e. The highest BCUT2D eigenvalue weighted by Gasteiger charge is 2.41. The Hall–Kier alpha value is -2.80. The number of methoxy groups -OCH3 is 1. The molecule has 3 rings (SSSR count). The van der Waals surface area contributed by atoms with Crippen LogP contribution in [0, 0.1) is 5.92 Å². The molecule has 0 aliphatic carbocycles. The molecule has 1 aromatic rings. The van der Waals surface area contributed by atoms with Crippen LogP contribution in [-0.2, 0) is 20.7 Å². The molecule has 0 radical (unpaired) electrons. The summed E-state index contributed by atoms with van der Waals surface area (Å²) < 4.78 is 22.7. The summed E-state index contributed by atoms with van der Waals surface area (Å²) in [5.74, 6) is 0.843. The van der Waals surface area contributed by atoms with Gasteiger partial charge in [0.25, 0.3) is 0 Å². The molecule has 0 bridgehead atoms. The van der Waals surface area contributed by atoms with Crippen LogP contribution in [0.3, 0.4) is 0 Å². The van der Waals surface area contributed by atoms with Crippen molar-refractivity contribution < 1.29 is 33.6 Å². The first kappa shape index (κ1) is 22.9. The lowest BCUT2D eigenvalue weighted by Crippen LogP contribution is -2.39. The van der Waals surface area contributed by atoms with Crippen molar-refractivity contribution in [2.24, 2.45) is 5.92 Å². The minimum atomic E-state index is -1.07. The van der Waals surface area contributed by atoms with Gasteiger partial charge in [0.1, 0.15) is 23.4 Å². The largest absolute Gasteiger partial charge is 0.496 e. The monoisotopic (exact) mass is 430 g/mol. The standard InChI is InChI=1S/C24H30O7/c1-7-29-23(26)22-16(12-25)14(9-8-13(2)3)20-18(31-22)11-17-15(21(20)28-6)10-19(30-17)24(4,5)27/h9,11-13,19,27H,7-8,10H2,1-6H3. The molecule has 2 aliphatic heterocycles. The predicted octanol–water partition coefficient (Wildman–Crippen LogP) is 3.61. The molecular weight excluding hydrogens is 400 g/mol. The van der Waals surface area contributed by atoms with Gasteiger partial charge in [-0.1, -0.05) is 19.9 Å². The first-order valence-corrected chi connectivity index (χ1v) is 10.5. The summed E-state index contributed by atoms with van der Waals surface area (Å²) in [4.78, 5) is 24.6. The lowest BCUT2D eigenvalue weighted by molar-refractivity contribution is -0.141. The van der Waals surface area contributed by atoms with E-state index >= 15 is 0 Å². The fourth-order valence-electron chi connectivity index (χ4n) is 3.74. The van der Waals surface area contributed by atoms with Gasteiger partial charge in [0.05, 0.1) is 30.5 Å². The summed E-state index contributed by atoms with van der Waals surface area (Å²) in [7, 11) is 1.54. The van der Waals surface area contributed by atoms with Crippen LogP contribution in [0.15, 0.2) is 23.5 Å². The number of allylic oxidation sites excluding steroid dienone is 3. The van der Waals surface area contributed by atoms with Crippen LogP contribution >= 0.6 is 0 Å². The first-order chi connectivity index (χ1) is 14.6. The Labute approximate surface area is 182 Å². The first-order valence-electron chi connectivity index (χ1n) is 10.5. The molecule has 31 heavy (non-hydrogen) atoms. The van der Waals surface area contributed by atoms with Crippen LogP contribution in [0.5, 0.6) is 17.2 Å². The molecule has 0 saturated heterocycles. The van der Waals surface area contributed by atoms with Crippen LogP contribution in [-0.4, -0.2) is 42.8 Å². The van der Waals surface area contributed by atoms with E-state index in [0.717, 1.165) is 5.56 Å². The number of fused-ring (bicyclic) bond motifs is 2. The molecule has 0 aromatic heterocycles. The smallest absolute Gasteiger partial charge is 0.375 e. The van der Waals surface area contributed by atoms with Crippen molar-refractivity contribution in [2.75, 3.05) is 13.7 Å². The highest BCUT2D eigenvalue weighted by molar-refractivity contribution is 6.09. The van der Waals surface area contributed by atoms with Crippen LogP contribution in [0.1, 0.15) is 52.2 Å². The maximum absolute atomic E-state index is 12.5. The minimum absolute atomic E-state index is 0.128. The fourth-order valence-corrected chi connectivity index (χ4v) is 3.74. The van der Waals surface area contributed by atoms with Gasteiger partial charge in [-0.2, -0.15) is 0 Å². The van der Waals surface area contributed by atoms with E-state index in [1.165, 1.54) is 0 Å². The van der Waals surface area contributed by atoms with E-state index in [9.17, 15) is 14.7 Å². The molecule has 0 saturated carbocycles. The van der Waals surface area contributed by atoms with E-state index in [4.69, 9.17) is 18.9 Å². The third-order valence-corrected chi connectivity index (χ3v) is 5.35. The number of hydrogen-bond acceptors (Lipinski definition) is 7. The summed E-state index contributed by atoms with van der Waals surface area (Å²) >= 11 is 0. The van der Waals surface area contributed by atoms with Crippen molar-refractivity contribution in [1.82, 2.24) is 0 Å². The van der Waals surface area contributed by atoms with Crippen LogP contribution < -0.4 is 14.2 Å². The Bertz CT molecular complexity index is 948. The molecule has 1 unspecified atom stereocenters. The average molecular weight is 430 g/mol. The zero-order valence-corrected chi connectivity index (χ0v) is 18.9. The van der Waals surface area contributed by atoms with Gasteiger partial charge in [-0.25, -0.2) is 4.79 Å². The number of aliphatic hydroxyl groups is 1. The highest BCUT2D eigenvalue weighted by Crippen LogP contribution is 2.51. The maximum atomic E-state index is 12.5. The second-order valence-electron chi connectivity index (χ2n) is 8.65. The number of carbonyl (C=O) groups excluding carboxylic acids is 2. The van der Waals surface area contributed by atoms with Gasteiger partial charge in [0.15, 0.2) is 6.29 Å². The molecule has 0 amide bonds. The van der Waals surface area contributed by atoms with Crippen molar-refractivity contribution in [3.8, 4) is 17.2 Å². The zero-order valence-electron chi connectivity index (χ0n) is 18.9. The molecule has 7 heteroatoms. The highest BCUT2D eigenvalue weighted by atomic mass is 16.6. The second-order valence-corrected chi connectivity index (χ2v) is 8.65. The van der Waals surface area contributed by atoms with Crippen molar-refractivity contribution in [2.45, 2.75) is 59.2 Å². The van der Waals surface area contributed by atoms with Gasteiger partial charge in [-0.15, -0.1) is 0 Å². The number of aldehydes is 1. The molecule has 1 N–H and O–H groups in total. The number of benzene rings is 1. The molecule has 0 fully saturated rings. The summed E-state index contributed by atoms with van der Waals surface area (Å²) in [5, 5.41) is 10.4. The number of hydrogen-bond donors (Lipinski definition) is 1. The number of rotatable bonds is 7. The third kappa shape index (κ3) is 4.32. The molecule has 7 nitrogen and oxygen atoms in total. The van der Waals surface area contributed by atoms with Crippen molar-refractivity contribution in [3.05, 3.63) is 34.6 Å². The second kappa shape index (κ2) is 8.75. The lowest BCUT2D eigenvalue weighted by atomic mass is 9.88. The Morgan fingerprint density at radius 3 is 2.61 bits per heavy atom. The van der Waals surface area contributed by atoms with Crippen molar-refractivity contribution in [3.63, 3.8) is 0 Å². The van der Waals surface area contributed by atoms with E-state index in [0.29, 0.717) is 53.4 Å². The minimum Gasteiger partial charge on any atom is -0.496 e. The molecule has 2 aliphatic rings. The predicted molar refractivity (Wildman–Crippen MR) is 115 cm³/mol. The Morgan fingerprint density at radius 1 is 1.35 bits per heavy atom. The zero-order chi connectivity index (χ0) is 22.9. The molecule has 1 atom stereocenters. The quantitative estimate of drug-likeness (QED) is 0.522. The van der Waals surface area contributed by atoms with Gasteiger partial charge in [-0.3, -0.25) is 4.79 Å². The molecule has 1 aromatic carbocycles. The van der Waals surface area contributed by atoms with Gasteiger partial charge in [0.2, 0.25) is 5.76 Å². The van der Waals surface area contributed by atoms with E-state index in [1.807, 2.05) is 6.08 Å². The van der Waals surface area contributed by atoms with Crippen LogP contribution in [0.4, 0.5) is 0 Å². The molecule has 0 spiro atoms. The summed E-state index contributed by atoms with van der Waals surface area (Å²) in [6.45, 7) is 9.34. The SMILES string of the molecule is CCOC(=O)C1=C(C=O)C(=CCC(C)C)c2c(cc3c(c2OC)CC(C(C)(C)O)O3)O1. The fraction of sp³-hybridized carbons (Fsp3) is 0.500.